The van der Waals surface area contributed by atoms with E-state index in [1.807, 2.05) is 12.3 Å². The average molecular weight is 335 g/mol. The topological polar surface area (TPSA) is 47.9 Å². The molecule has 2 unspecified atom stereocenters. The molecule has 0 spiro atoms. The molecule has 5 nitrogen and oxygen atoms in total. The molecule has 5 aliphatic rings. The summed E-state index contributed by atoms with van der Waals surface area (Å²) in [7, 11) is 3.61. The first-order valence-corrected chi connectivity index (χ1v) is 8.84. The van der Waals surface area contributed by atoms with Crippen molar-refractivity contribution in [3.8, 4) is 0 Å². The van der Waals surface area contributed by atoms with Crippen LogP contribution in [0.1, 0.15) is 32.1 Å². The molecule has 3 saturated carbocycles. The number of amidine groups is 1. The van der Waals surface area contributed by atoms with Crippen molar-refractivity contribution in [1.29, 1.82) is 0 Å². The van der Waals surface area contributed by atoms with Gasteiger partial charge in [0.25, 0.3) is 5.91 Å². The molecule has 1 amide bonds. The highest BCUT2D eigenvalue weighted by atomic mass is 35.5. The van der Waals surface area contributed by atoms with E-state index in [1.54, 1.807) is 19.0 Å². The number of hydrogen-bond donors (Lipinski definition) is 1. The van der Waals surface area contributed by atoms with Gasteiger partial charge in [-0.25, -0.2) is 4.99 Å². The third-order valence-electron chi connectivity index (χ3n) is 5.73. The molecule has 2 heterocycles. The van der Waals surface area contributed by atoms with E-state index >= 15 is 0 Å². The summed E-state index contributed by atoms with van der Waals surface area (Å²) in [5.41, 5.74) is 1.79. The van der Waals surface area contributed by atoms with Crippen LogP contribution in [-0.2, 0) is 4.79 Å². The quantitative estimate of drug-likeness (QED) is 0.788. The van der Waals surface area contributed by atoms with Gasteiger partial charge in [0.2, 0.25) is 0 Å². The molecule has 3 aliphatic carbocycles. The Morgan fingerprint density at radius 3 is 2.70 bits per heavy atom. The van der Waals surface area contributed by atoms with Crippen molar-refractivity contribution >= 4 is 22.8 Å². The fourth-order valence-electron chi connectivity index (χ4n) is 4.58. The van der Waals surface area contributed by atoms with E-state index in [0.29, 0.717) is 17.3 Å². The molecule has 3 fully saturated rings. The van der Waals surface area contributed by atoms with Crippen LogP contribution in [-0.4, -0.2) is 47.3 Å². The summed E-state index contributed by atoms with van der Waals surface area (Å²) in [4.78, 5) is 21.2. The molecular weight excluding hydrogens is 312 g/mol. The van der Waals surface area contributed by atoms with Crippen LogP contribution in [0.2, 0.25) is 0 Å². The lowest BCUT2D eigenvalue weighted by molar-refractivity contribution is -0.127. The van der Waals surface area contributed by atoms with Crippen molar-refractivity contribution in [1.82, 2.24) is 15.1 Å². The molecule has 1 N–H and O–H groups in total. The van der Waals surface area contributed by atoms with Crippen LogP contribution in [0.25, 0.3) is 0 Å². The van der Waals surface area contributed by atoms with Crippen molar-refractivity contribution < 1.29 is 4.79 Å². The highest BCUT2D eigenvalue weighted by Gasteiger charge is 2.46. The summed E-state index contributed by atoms with van der Waals surface area (Å²) < 4.78 is 0. The number of halogens is 1. The molecule has 0 aromatic carbocycles. The average Bonchev–Trinajstić information content (AvgIpc) is 2.93. The van der Waals surface area contributed by atoms with Crippen LogP contribution in [0.15, 0.2) is 28.5 Å². The van der Waals surface area contributed by atoms with Crippen molar-refractivity contribution in [3.05, 3.63) is 23.5 Å². The lowest BCUT2D eigenvalue weighted by Gasteiger charge is -2.49. The van der Waals surface area contributed by atoms with E-state index in [1.165, 1.54) is 32.1 Å². The van der Waals surface area contributed by atoms with Gasteiger partial charge < -0.3 is 15.1 Å². The van der Waals surface area contributed by atoms with Gasteiger partial charge >= 0.3 is 0 Å². The third-order valence-corrected chi connectivity index (χ3v) is 5.94. The number of likely N-dealkylation sites (N-methyl/N-ethyl adjacent to an activating group) is 1. The fraction of sp³-hybridized carbons (Fsp3) is 0.647. The third kappa shape index (κ3) is 2.45. The number of carbonyl (C=O) groups is 1. The van der Waals surface area contributed by atoms with E-state index < -0.39 is 0 Å². The van der Waals surface area contributed by atoms with Gasteiger partial charge in [-0.2, -0.15) is 0 Å². The number of aliphatic imine (C=N–C) groups is 1. The lowest BCUT2D eigenvalue weighted by Crippen LogP contribution is -2.51. The molecule has 124 valence electrons. The van der Waals surface area contributed by atoms with E-state index in [2.05, 4.69) is 15.2 Å². The fourth-order valence-corrected chi connectivity index (χ4v) is 4.73. The number of amides is 1. The minimum atomic E-state index is -0.146. The normalized spacial score (nSPS) is 35.1. The second-order valence-corrected chi connectivity index (χ2v) is 7.66. The number of nitrogens with one attached hydrogen (secondary N) is 1. The summed E-state index contributed by atoms with van der Waals surface area (Å²) in [5, 5.41) is 3.36. The Morgan fingerprint density at radius 2 is 2.09 bits per heavy atom. The second kappa shape index (κ2) is 5.55. The van der Waals surface area contributed by atoms with Gasteiger partial charge in [-0.15, -0.1) is 0 Å². The lowest BCUT2D eigenvalue weighted by atomic mass is 9.67. The Balaban J connectivity index is 1.71. The van der Waals surface area contributed by atoms with Gasteiger partial charge in [0.05, 0.1) is 0 Å². The highest BCUT2D eigenvalue weighted by Crippen LogP contribution is 2.47. The summed E-state index contributed by atoms with van der Waals surface area (Å²) in [6.07, 6.45) is 10.1. The van der Waals surface area contributed by atoms with Crippen molar-refractivity contribution in [2.75, 3.05) is 14.1 Å². The number of carbonyl (C=O) groups excluding carboxylic acids is 1. The molecule has 6 heteroatoms. The summed E-state index contributed by atoms with van der Waals surface area (Å²) >= 11 is 6.11. The van der Waals surface area contributed by atoms with Crippen molar-refractivity contribution in [2.45, 2.75) is 44.3 Å². The maximum Gasteiger partial charge on any atom is 0.269 e. The smallest absolute Gasteiger partial charge is 0.269 e. The van der Waals surface area contributed by atoms with Gasteiger partial charge in [0, 0.05) is 31.9 Å². The minimum Gasteiger partial charge on any atom is -0.344 e. The first-order valence-electron chi connectivity index (χ1n) is 8.46. The molecular formula is C17H23ClN4O. The maximum atomic E-state index is 12.7. The van der Waals surface area contributed by atoms with Crippen LogP contribution in [0.3, 0.4) is 0 Å². The van der Waals surface area contributed by atoms with E-state index in [9.17, 15) is 4.79 Å². The highest BCUT2D eigenvalue weighted by molar-refractivity contribution is 6.64. The van der Waals surface area contributed by atoms with Gasteiger partial charge in [0.1, 0.15) is 5.70 Å². The van der Waals surface area contributed by atoms with Gasteiger partial charge in [0.15, 0.2) is 11.5 Å². The zero-order chi connectivity index (χ0) is 16.1. The first kappa shape index (κ1) is 15.1. The molecule has 2 atom stereocenters. The largest absolute Gasteiger partial charge is 0.344 e. The Morgan fingerprint density at radius 1 is 1.35 bits per heavy atom. The number of fused-ring (bicyclic) bond motifs is 4. The molecule has 23 heavy (non-hydrogen) atoms. The zero-order valence-electron chi connectivity index (χ0n) is 13.6. The summed E-state index contributed by atoms with van der Waals surface area (Å²) in [6.45, 7) is 0. The van der Waals surface area contributed by atoms with Crippen LogP contribution < -0.4 is 5.32 Å². The van der Waals surface area contributed by atoms with Crippen LogP contribution in [0, 0.1) is 11.8 Å². The Hall–Kier alpha value is -1.49. The molecule has 5 rings (SSSR count). The Kier molecular flexibility index (Phi) is 3.63. The Labute approximate surface area is 142 Å². The van der Waals surface area contributed by atoms with Gasteiger partial charge in [-0.1, -0.05) is 12.8 Å². The van der Waals surface area contributed by atoms with Gasteiger partial charge in [-0.3, -0.25) is 4.79 Å². The summed E-state index contributed by atoms with van der Waals surface area (Å²) in [5.74, 6) is 1.52. The van der Waals surface area contributed by atoms with E-state index in [4.69, 9.17) is 11.6 Å². The molecule has 2 bridgehead atoms. The van der Waals surface area contributed by atoms with Crippen LogP contribution >= 0.6 is 11.6 Å². The number of nitrogens with zero attached hydrogens (tertiary/aromatic N) is 3. The number of hydrogen-bond acceptors (Lipinski definition) is 4. The van der Waals surface area contributed by atoms with E-state index in [-0.39, 0.29) is 12.1 Å². The molecule has 0 aromatic heterocycles. The monoisotopic (exact) mass is 334 g/mol. The van der Waals surface area contributed by atoms with Gasteiger partial charge in [-0.05, 0) is 48.8 Å². The van der Waals surface area contributed by atoms with Crippen LogP contribution in [0.5, 0.6) is 0 Å². The van der Waals surface area contributed by atoms with Crippen molar-refractivity contribution in [3.63, 3.8) is 0 Å². The van der Waals surface area contributed by atoms with E-state index in [0.717, 1.165) is 17.2 Å². The predicted molar refractivity (Wildman–Crippen MR) is 90.8 cm³/mol. The maximum absolute atomic E-state index is 12.7. The second-order valence-electron chi connectivity index (χ2n) is 7.30. The first-order chi connectivity index (χ1) is 11.0. The summed E-state index contributed by atoms with van der Waals surface area (Å²) in [6, 6.07) is 0.403. The number of rotatable bonds is 2. The molecule has 2 aliphatic heterocycles. The molecule has 0 aromatic rings. The zero-order valence-corrected chi connectivity index (χ0v) is 14.4. The predicted octanol–water partition coefficient (Wildman–Crippen LogP) is 2.26. The SMILES string of the molecule is CN(C)C(=O)C1=CC2=CNC(Cl)=NC2N1C1CC2CCC1CC2. The standard InChI is InChI=1S/C17H23ClN4O/c1-21(2)16(23)14-8-12-9-19-17(18)20-15(12)22(14)13-7-10-3-5-11(13)6-4-10/h8-11,13,15H,3-7H2,1-2H3,(H,19,20). The van der Waals surface area contributed by atoms with Crippen molar-refractivity contribution in [2.24, 2.45) is 16.8 Å². The Bertz CT molecular complexity index is 616. The van der Waals surface area contributed by atoms with Crippen LogP contribution in [0.4, 0.5) is 0 Å². The minimum absolute atomic E-state index is 0.0491. The molecule has 0 radical (unpaired) electrons. The molecule has 0 saturated heterocycles.